The summed E-state index contributed by atoms with van der Waals surface area (Å²) in [5.41, 5.74) is 0.479. The van der Waals surface area contributed by atoms with Crippen LogP contribution in [-0.4, -0.2) is 105 Å². The first-order valence-electron chi connectivity index (χ1n) is 12.3. The Morgan fingerprint density at radius 1 is 1.15 bits per heavy atom. The monoisotopic (exact) mass is 472 g/mol. The third-order valence-corrected chi connectivity index (χ3v) is 6.98. The molecule has 2 saturated heterocycles. The van der Waals surface area contributed by atoms with E-state index in [0.29, 0.717) is 50.5 Å². The van der Waals surface area contributed by atoms with Crippen LogP contribution in [0.4, 0.5) is 0 Å². The van der Waals surface area contributed by atoms with Crippen LogP contribution in [0.25, 0.3) is 0 Å². The molecule has 0 spiro atoms. The maximum atomic E-state index is 13.7. The van der Waals surface area contributed by atoms with Gasteiger partial charge in [0.15, 0.2) is 0 Å². The number of methoxy groups -OCH3 is 2. The molecule has 3 fully saturated rings. The number of likely N-dealkylation sites (tertiary alicyclic amines) is 1. The molecule has 1 aliphatic carbocycles. The fourth-order valence-corrected chi connectivity index (χ4v) is 4.92. The summed E-state index contributed by atoms with van der Waals surface area (Å²) < 4.78 is 10.6. The summed E-state index contributed by atoms with van der Waals surface area (Å²) in [6.07, 6.45) is 3.14. The summed E-state index contributed by atoms with van der Waals surface area (Å²) in [5, 5.41) is 3.32. The van der Waals surface area contributed by atoms with Crippen molar-refractivity contribution in [2.75, 3.05) is 60.1 Å². The van der Waals surface area contributed by atoms with Crippen molar-refractivity contribution >= 4 is 17.7 Å². The molecule has 1 N–H and O–H groups in total. The van der Waals surface area contributed by atoms with Gasteiger partial charge in [-0.15, -0.1) is 0 Å². The fourth-order valence-electron chi connectivity index (χ4n) is 4.92. The number of nitrogens with one attached hydrogen (secondary N) is 1. The molecule has 3 aliphatic rings. The Morgan fingerprint density at radius 2 is 1.97 bits per heavy atom. The van der Waals surface area contributed by atoms with Crippen molar-refractivity contribution in [3.63, 3.8) is 0 Å². The second-order valence-corrected chi connectivity index (χ2v) is 9.32. The number of amides is 3. The van der Waals surface area contributed by atoms with Crippen LogP contribution < -0.4 is 10.1 Å². The zero-order valence-corrected chi connectivity index (χ0v) is 20.2. The van der Waals surface area contributed by atoms with Crippen LogP contribution in [0.2, 0.25) is 0 Å². The molecular formula is C25H36N4O5. The van der Waals surface area contributed by atoms with E-state index in [1.165, 1.54) is 0 Å². The summed E-state index contributed by atoms with van der Waals surface area (Å²) in [4.78, 5) is 45.8. The number of nitrogens with zero attached hydrogens (tertiary/aromatic N) is 3. The van der Waals surface area contributed by atoms with Crippen molar-refractivity contribution in [3.05, 3.63) is 29.8 Å². The van der Waals surface area contributed by atoms with Crippen LogP contribution in [0.3, 0.4) is 0 Å². The first-order valence-corrected chi connectivity index (χ1v) is 12.3. The normalized spacial score (nSPS) is 22.9. The Hall–Kier alpha value is -2.65. The fraction of sp³-hybridized carbons (Fsp3) is 0.640. The molecule has 2 aliphatic heterocycles. The Balaban J connectivity index is 1.60. The smallest absolute Gasteiger partial charge is 0.254 e. The van der Waals surface area contributed by atoms with Gasteiger partial charge in [0.1, 0.15) is 11.8 Å². The molecular weight excluding hydrogens is 436 g/mol. The molecule has 0 aromatic heterocycles. The van der Waals surface area contributed by atoms with E-state index in [-0.39, 0.29) is 29.7 Å². The van der Waals surface area contributed by atoms with Gasteiger partial charge >= 0.3 is 0 Å². The highest BCUT2D eigenvalue weighted by atomic mass is 16.5. The second kappa shape index (κ2) is 11.2. The highest BCUT2D eigenvalue weighted by molar-refractivity contribution is 5.98. The minimum absolute atomic E-state index is 0.0343. The molecule has 0 bridgehead atoms. The van der Waals surface area contributed by atoms with E-state index in [2.05, 4.69) is 5.32 Å². The van der Waals surface area contributed by atoms with E-state index in [4.69, 9.17) is 9.47 Å². The van der Waals surface area contributed by atoms with Gasteiger partial charge in [0.2, 0.25) is 11.8 Å². The van der Waals surface area contributed by atoms with Crippen molar-refractivity contribution in [3.8, 4) is 5.75 Å². The predicted octanol–water partition coefficient (Wildman–Crippen LogP) is 0.985. The van der Waals surface area contributed by atoms with E-state index in [1.54, 1.807) is 43.4 Å². The zero-order valence-electron chi connectivity index (χ0n) is 20.2. The number of hydrogen-bond acceptors (Lipinski definition) is 6. The van der Waals surface area contributed by atoms with E-state index in [1.807, 2.05) is 9.80 Å². The van der Waals surface area contributed by atoms with E-state index < -0.39 is 6.04 Å². The lowest BCUT2D eigenvalue weighted by Crippen LogP contribution is -2.48. The molecule has 3 amide bonds. The minimum Gasteiger partial charge on any atom is -0.497 e. The Labute approximate surface area is 201 Å². The number of rotatable bonds is 8. The first kappa shape index (κ1) is 24.5. The van der Waals surface area contributed by atoms with Gasteiger partial charge in [-0.25, -0.2) is 0 Å². The molecule has 9 heteroatoms. The number of carbonyl (C=O) groups is 3. The highest BCUT2D eigenvalue weighted by Gasteiger charge is 2.46. The molecule has 0 radical (unpaired) electrons. The van der Waals surface area contributed by atoms with Gasteiger partial charge in [-0.05, 0) is 50.4 Å². The summed E-state index contributed by atoms with van der Waals surface area (Å²) in [7, 11) is 3.18. The highest BCUT2D eigenvalue weighted by Crippen LogP contribution is 2.34. The quantitative estimate of drug-likeness (QED) is 0.607. The number of ether oxygens (including phenoxy) is 2. The SMILES string of the molecule is COCCN(C(=O)C1CC1)C1CC(C(=O)N2CCCNCC2)N(C(=O)c2cccc(OC)c2)C1. The van der Waals surface area contributed by atoms with Gasteiger partial charge in [-0.1, -0.05) is 6.07 Å². The summed E-state index contributed by atoms with van der Waals surface area (Å²) in [5.74, 6) is 0.522. The maximum Gasteiger partial charge on any atom is 0.254 e. The van der Waals surface area contributed by atoms with Crippen molar-refractivity contribution < 1.29 is 23.9 Å². The van der Waals surface area contributed by atoms with Crippen molar-refractivity contribution in [1.29, 1.82) is 0 Å². The molecule has 2 unspecified atom stereocenters. The van der Waals surface area contributed by atoms with Gasteiger partial charge in [-0.3, -0.25) is 14.4 Å². The number of carbonyl (C=O) groups excluding carboxylic acids is 3. The molecule has 1 saturated carbocycles. The molecule has 1 aromatic rings. The average Bonchev–Trinajstić information content (AvgIpc) is 3.67. The van der Waals surface area contributed by atoms with Crippen LogP contribution in [0.5, 0.6) is 5.75 Å². The Morgan fingerprint density at radius 3 is 2.71 bits per heavy atom. The second-order valence-electron chi connectivity index (χ2n) is 9.32. The Bertz CT molecular complexity index is 882. The molecule has 1 aromatic carbocycles. The first-order chi connectivity index (χ1) is 16.5. The van der Waals surface area contributed by atoms with Gasteiger partial charge < -0.3 is 29.5 Å². The van der Waals surface area contributed by atoms with Crippen molar-refractivity contribution in [1.82, 2.24) is 20.0 Å². The molecule has 34 heavy (non-hydrogen) atoms. The van der Waals surface area contributed by atoms with Crippen LogP contribution in [0.15, 0.2) is 24.3 Å². The standard InChI is InChI=1S/C25H36N4O5/c1-33-14-13-28(23(30)18-7-8-18)20-16-22(25(32)27-11-4-9-26-10-12-27)29(17-20)24(31)19-5-3-6-21(15-19)34-2/h3,5-6,15,18,20,22,26H,4,7-14,16-17H2,1-2H3. The third kappa shape index (κ3) is 5.52. The van der Waals surface area contributed by atoms with Crippen molar-refractivity contribution in [2.24, 2.45) is 5.92 Å². The van der Waals surface area contributed by atoms with E-state index >= 15 is 0 Å². The van der Waals surface area contributed by atoms with Gasteiger partial charge in [-0.2, -0.15) is 0 Å². The van der Waals surface area contributed by atoms with Crippen LogP contribution in [0, 0.1) is 5.92 Å². The van der Waals surface area contributed by atoms with Gasteiger partial charge in [0.25, 0.3) is 5.91 Å². The molecule has 2 heterocycles. The summed E-state index contributed by atoms with van der Waals surface area (Å²) in [6.45, 7) is 4.14. The topological polar surface area (TPSA) is 91.4 Å². The third-order valence-electron chi connectivity index (χ3n) is 6.98. The van der Waals surface area contributed by atoms with Crippen LogP contribution in [0.1, 0.15) is 36.0 Å². The number of benzene rings is 1. The lowest BCUT2D eigenvalue weighted by molar-refractivity contribution is -0.137. The molecule has 4 rings (SSSR count). The average molecular weight is 473 g/mol. The van der Waals surface area contributed by atoms with E-state index in [0.717, 1.165) is 32.4 Å². The molecule has 9 nitrogen and oxygen atoms in total. The van der Waals surface area contributed by atoms with E-state index in [9.17, 15) is 14.4 Å². The summed E-state index contributed by atoms with van der Waals surface area (Å²) >= 11 is 0. The summed E-state index contributed by atoms with van der Waals surface area (Å²) in [6, 6.07) is 6.20. The van der Waals surface area contributed by atoms with Gasteiger partial charge in [0.05, 0.1) is 19.8 Å². The van der Waals surface area contributed by atoms with Crippen LogP contribution >= 0.6 is 0 Å². The maximum absolute atomic E-state index is 13.7. The van der Waals surface area contributed by atoms with Gasteiger partial charge in [0, 0.05) is 51.3 Å². The lowest BCUT2D eigenvalue weighted by Gasteiger charge is -2.29. The minimum atomic E-state index is -0.598. The molecule has 186 valence electrons. The lowest BCUT2D eigenvalue weighted by atomic mass is 10.1. The predicted molar refractivity (Wildman–Crippen MR) is 127 cm³/mol. The van der Waals surface area contributed by atoms with Crippen molar-refractivity contribution in [2.45, 2.75) is 37.8 Å². The van der Waals surface area contributed by atoms with Crippen LogP contribution in [-0.2, 0) is 14.3 Å². The molecule has 2 atom stereocenters. The Kier molecular flexibility index (Phi) is 8.05. The number of hydrogen-bond donors (Lipinski definition) is 1. The zero-order chi connectivity index (χ0) is 24.1. The largest absolute Gasteiger partial charge is 0.497 e.